The molecule has 1 aliphatic rings. The zero-order valence-corrected chi connectivity index (χ0v) is 12.5. The first-order valence-corrected chi connectivity index (χ1v) is 7.62. The van der Waals surface area contributed by atoms with Crippen LogP contribution in [0.1, 0.15) is 43.0 Å². The standard InChI is InChI=1S/C16H24N2O3/c1-2-21-16(20)13-8-6-9-14(17)15(13)18-10-5-3-4-7-12(18)11-19/h6,8-9,12,19H,2-5,7,10-11,17H2,1H3. The molecule has 0 aliphatic carbocycles. The average molecular weight is 292 g/mol. The van der Waals surface area contributed by atoms with Crippen LogP contribution in [0.5, 0.6) is 0 Å². The molecule has 1 aromatic rings. The van der Waals surface area contributed by atoms with Crippen LogP contribution in [0.3, 0.4) is 0 Å². The van der Waals surface area contributed by atoms with Gasteiger partial charge in [-0.05, 0) is 31.9 Å². The molecule has 1 atom stereocenters. The number of hydrogen-bond donors (Lipinski definition) is 2. The Bertz CT molecular complexity index is 490. The lowest BCUT2D eigenvalue weighted by atomic mass is 10.1. The third-order valence-electron chi connectivity index (χ3n) is 3.94. The van der Waals surface area contributed by atoms with Gasteiger partial charge in [-0.3, -0.25) is 0 Å². The fraction of sp³-hybridized carbons (Fsp3) is 0.562. The van der Waals surface area contributed by atoms with Crippen LogP contribution in [0.4, 0.5) is 11.4 Å². The molecule has 3 N–H and O–H groups in total. The number of nitrogens with two attached hydrogens (primary N) is 1. The lowest BCUT2D eigenvalue weighted by molar-refractivity contribution is 0.0527. The predicted molar refractivity (Wildman–Crippen MR) is 83.5 cm³/mol. The maximum atomic E-state index is 12.2. The van der Waals surface area contributed by atoms with Crippen molar-refractivity contribution in [3.8, 4) is 0 Å². The van der Waals surface area contributed by atoms with Crippen LogP contribution in [0, 0.1) is 0 Å². The van der Waals surface area contributed by atoms with Crippen LogP contribution in [0.25, 0.3) is 0 Å². The number of carbonyl (C=O) groups excluding carboxylic acids is 1. The molecule has 0 aromatic heterocycles. The molecule has 1 unspecified atom stereocenters. The van der Waals surface area contributed by atoms with Crippen molar-refractivity contribution in [1.82, 2.24) is 0 Å². The lowest BCUT2D eigenvalue weighted by Gasteiger charge is -2.33. The van der Waals surface area contributed by atoms with Crippen LogP contribution < -0.4 is 10.6 Å². The molecular formula is C16H24N2O3. The molecule has 116 valence electrons. The van der Waals surface area contributed by atoms with Crippen LogP contribution in [0.2, 0.25) is 0 Å². The highest BCUT2D eigenvalue weighted by atomic mass is 16.5. The molecule has 1 aliphatic heterocycles. The Labute approximate surface area is 125 Å². The summed E-state index contributed by atoms with van der Waals surface area (Å²) in [5, 5.41) is 9.67. The summed E-state index contributed by atoms with van der Waals surface area (Å²) in [7, 11) is 0. The Balaban J connectivity index is 2.42. The average Bonchev–Trinajstić information content (AvgIpc) is 2.72. The number of rotatable bonds is 4. The van der Waals surface area contributed by atoms with E-state index in [0.717, 1.165) is 32.2 Å². The quantitative estimate of drug-likeness (QED) is 0.657. The van der Waals surface area contributed by atoms with Gasteiger partial charge in [0, 0.05) is 6.54 Å². The summed E-state index contributed by atoms with van der Waals surface area (Å²) in [6.45, 7) is 2.98. The van der Waals surface area contributed by atoms with E-state index in [-0.39, 0.29) is 18.6 Å². The molecule has 1 heterocycles. The van der Waals surface area contributed by atoms with E-state index in [1.54, 1.807) is 25.1 Å². The van der Waals surface area contributed by atoms with Crippen LogP contribution in [-0.2, 0) is 4.74 Å². The van der Waals surface area contributed by atoms with Gasteiger partial charge in [0.05, 0.1) is 36.2 Å². The maximum absolute atomic E-state index is 12.2. The molecule has 0 amide bonds. The fourth-order valence-corrected chi connectivity index (χ4v) is 2.92. The number of esters is 1. The molecule has 1 aromatic carbocycles. The first kappa shape index (κ1) is 15.6. The van der Waals surface area contributed by atoms with Crippen molar-refractivity contribution in [1.29, 1.82) is 0 Å². The summed E-state index contributed by atoms with van der Waals surface area (Å²) in [4.78, 5) is 14.3. The Hall–Kier alpha value is -1.75. The van der Waals surface area contributed by atoms with Gasteiger partial charge in [-0.25, -0.2) is 4.79 Å². The monoisotopic (exact) mass is 292 g/mol. The van der Waals surface area contributed by atoms with Gasteiger partial charge in [0.15, 0.2) is 0 Å². The molecule has 21 heavy (non-hydrogen) atoms. The van der Waals surface area contributed by atoms with Crippen molar-refractivity contribution in [3.05, 3.63) is 23.8 Å². The second-order valence-corrected chi connectivity index (χ2v) is 5.34. The number of benzene rings is 1. The number of nitrogen functional groups attached to an aromatic ring is 1. The minimum absolute atomic E-state index is 0.00498. The molecule has 1 fully saturated rings. The summed E-state index contributed by atoms with van der Waals surface area (Å²) < 4.78 is 5.13. The van der Waals surface area contributed by atoms with Crippen LogP contribution in [0.15, 0.2) is 18.2 Å². The minimum Gasteiger partial charge on any atom is -0.462 e. The Morgan fingerprint density at radius 2 is 2.24 bits per heavy atom. The largest absolute Gasteiger partial charge is 0.462 e. The molecule has 0 radical (unpaired) electrons. The SMILES string of the molecule is CCOC(=O)c1cccc(N)c1N1CCCCCC1CO. The predicted octanol–water partition coefficient (Wildman–Crippen LogP) is 2.19. The molecular weight excluding hydrogens is 268 g/mol. The Morgan fingerprint density at radius 3 is 2.95 bits per heavy atom. The Kier molecular flexibility index (Phi) is 5.44. The van der Waals surface area contributed by atoms with Gasteiger partial charge in [-0.2, -0.15) is 0 Å². The number of carbonyl (C=O) groups is 1. The van der Waals surface area contributed by atoms with Gasteiger partial charge in [0.2, 0.25) is 0 Å². The highest BCUT2D eigenvalue weighted by Crippen LogP contribution is 2.33. The van der Waals surface area contributed by atoms with E-state index < -0.39 is 0 Å². The summed E-state index contributed by atoms with van der Waals surface area (Å²) in [6, 6.07) is 5.29. The van der Waals surface area contributed by atoms with E-state index in [4.69, 9.17) is 10.5 Å². The van der Waals surface area contributed by atoms with E-state index in [0.29, 0.717) is 23.5 Å². The second kappa shape index (κ2) is 7.31. The maximum Gasteiger partial charge on any atom is 0.340 e. The first-order valence-electron chi connectivity index (χ1n) is 7.62. The van der Waals surface area contributed by atoms with Crippen LogP contribution >= 0.6 is 0 Å². The normalized spacial score (nSPS) is 19.1. The van der Waals surface area contributed by atoms with E-state index in [9.17, 15) is 9.90 Å². The number of anilines is 2. The van der Waals surface area contributed by atoms with Crippen molar-refractivity contribution < 1.29 is 14.6 Å². The van der Waals surface area contributed by atoms with Gasteiger partial charge in [0.25, 0.3) is 0 Å². The second-order valence-electron chi connectivity index (χ2n) is 5.34. The summed E-state index contributed by atoms with van der Waals surface area (Å²) in [6.07, 6.45) is 4.16. The topological polar surface area (TPSA) is 75.8 Å². The van der Waals surface area contributed by atoms with E-state index in [1.807, 2.05) is 0 Å². The number of hydrogen-bond acceptors (Lipinski definition) is 5. The third kappa shape index (κ3) is 3.47. The fourth-order valence-electron chi connectivity index (χ4n) is 2.92. The highest BCUT2D eigenvalue weighted by Gasteiger charge is 2.26. The van der Waals surface area contributed by atoms with Crippen molar-refractivity contribution in [2.24, 2.45) is 0 Å². The minimum atomic E-state index is -0.360. The van der Waals surface area contributed by atoms with E-state index >= 15 is 0 Å². The van der Waals surface area contributed by atoms with Crippen molar-refractivity contribution in [2.45, 2.75) is 38.6 Å². The molecule has 5 nitrogen and oxygen atoms in total. The van der Waals surface area contributed by atoms with Gasteiger partial charge in [-0.1, -0.05) is 18.9 Å². The summed E-state index contributed by atoms with van der Waals surface area (Å²) >= 11 is 0. The van der Waals surface area contributed by atoms with E-state index in [1.165, 1.54) is 0 Å². The third-order valence-corrected chi connectivity index (χ3v) is 3.94. The van der Waals surface area contributed by atoms with Gasteiger partial charge in [0.1, 0.15) is 0 Å². The van der Waals surface area contributed by atoms with Gasteiger partial charge in [-0.15, -0.1) is 0 Å². The van der Waals surface area contributed by atoms with E-state index in [2.05, 4.69) is 4.90 Å². The number of aliphatic hydroxyl groups is 1. The van der Waals surface area contributed by atoms with Gasteiger partial charge >= 0.3 is 5.97 Å². The molecule has 0 spiro atoms. The summed E-state index contributed by atoms with van der Waals surface area (Å²) in [5.74, 6) is -0.360. The van der Waals surface area contributed by atoms with Crippen molar-refractivity contribution in [3.63, 3.8) is 0 Å². The van der Waals surface area contributed by atoms with Crippen molar-refractivity contribution in [2.75, 3.05) is 30.4 Å². The zero-order chi connectivity index (χ0) is 15.2. The number of para-hydroxylation sites is 1. The molecule has 2 rings (SSSR count). The lowest BCUT2D eigenvalue weighted by Crippen LogP contribution is -2.39. The number of ether oxygens (including phenoxy) is 1. The molecule has 5 heteroatoms. The molecule has 1 saturated heterocycles. The smallest absolute Gasteiger partial charge is 0.340 e. The zero-order valence-electron chi connectivity index (χ0n) is 12.5. The summed E-state index contributed by atoms with van der Waals surface area (Å²) in [5.41, 5.74) is 7.87. The first-order chi connectivity index (χ1) is 10.2. The highest BCUT2D eigenvalue weighted by molar-refractivity contribution is 5.99. The molecule has 0 saturated carbocycles. The number of nitrogens with zero attached hydrogens (tertiary/aromatic N) is 1. The number of aliphatic hydroxyl groups excluding tert-OH is 1. The molecule has 0 bridgehead atoms. The van der Waals surface area contributed by atoms with Gasteiger partial charge < -0.3 is 20.5 Å². The van der Waals surface area contributed by atoms with Crippen molar-refractivity contribution >= 4 is 17.3 Å². The van der Waals surface area contributed by atoms with Crippen LogP contribution in [-0.4, -0.2) is 36.9 Å². The Morgan fingerprint density at radius 1 is 1.43 bits per heavy atom.